The van der Waals surface area contributed by atoms with E-state index < -0.39 is 21.2 Å². The summed E-state index contributed by atoms with van der Waals surface area (Å²) in [7, 11) is -2.14. The van der Waals surface area contributed by atoms with Crippen LogP contribution in [0.1, 0.15) is 36.0 Å². The molecule has 1 heterocycles. The van der Waals surface area contributed by atoms with Gasteiger partial charge < -0.3 is 4.74 Å². The highest BCUT2D eigenvalue weighted by Crippen LogP contribution is 2.47. The zero-order valence-electron chi connectivity index (χ0n) is 11.8. The molecule has 0 spiro atoms. The van der Waals surface area contributed by atoms with Gasteiger partial charge in [-0.1, -0.05) is 6.42 Å². The third-order valence-electron chi connectivity index (χ3n) is 4.51. The molecule has 1 unspecified atom stereocenters. The fourth-order valence-electron chi connectivity index (χ4n) is 3.47. The number of carbonyl (C=O) groups is 1. The summed E-state index contributed by atoms with van der Waals surface area (Å²) in [4.78, 5) is 16.0. The van der Waals surface area contributed by atoms with Gasteiger partial charge in [-0.25, -0.2) is 18.1 Å². The zero-order valence-corrected chi connectivity index (χ0v) is 12.6. The lowest BCUT2D eigenvalue weighted by atomic mass is 10.0. The Bertz CT molecular complexity index is 641. The van der Waals surface area contributed by atoms with Crippen LogP contribution in [0.4, 0.5) is 0 Å². The summed E-state index contributed by atoms with van der Waals surface area (Å²) >= 11 is 0. The number of nitrogens with zero attached hydrogens (tertiary/aromatic N) is 1. The minimum absolute atomic E-state index is 0.203. The monoisotopic (exact) mass is 310 g/mol. The standard InChI is InChI=1S/C14H18N2O4S/c1-20-13-5-4-11(8-15-13)14(17)16-21(18,19)12-7-9-2-3-10(12)6-9/h4-5,8-10,12H,2-3,6-7H2,1H3,(H,16,17)/t9-,10+,12?/m1/s1. The first-order chi connectivity index (χ1) is 9.99. The van der Waals surface area contributed by atoms with Gasteiger partial charge in [0, 0.05) is 12.3 Å². The van der Waals surface area contributed by atoms with Gasteiger partial charge >= 0.3 is 0 Å². The SMILES string of the molecule is COc1ccc(C(=O)NS(=O)(=O)C2C[C@@H]3CC[C@H]2C3)cn1. The fourth-order valence-corrected chi connectivity index (χ4v) is 5.27. The minimum atomic E-state index is -3.61. The van der Waals surface area contributed by atoms with Crippen LogP contribution in [-0.4, -0.2) is 31.7 Å². The Balaban J connectivity index is 1.71. The molecule has 2 fully saturated rings. The summed E-state index contributed by atoms with van der Waals surface area (Å²) in [5.74, 6) is 0.457. The molecule has 1 aromatic rings. The van der Waals surface area contributed by atoms with Gasteiger partial charge in [-0.05, 0) is 37.2 Å². The van der Waals surface area contributed by atoms with E-state index in [1.54, 1.807) is 0 Å². The van der Waals surface area contributed by atoms with Gasteiger partial charge in [0.25, 0.3) is 5.91 Å². The molecule has 7 heteroatoms. The van der Waals surface area contributed by atoms with Crippen LogP contribution < -0.4 is 9.46 Å². The number of carbonyl (C=O) groups excluding carboxylic acids is 1. The molecule has 0 radical (unpaired) electrons. The number of fused-ring (bicyclic) bond motifs is 2. The van der Waals surface area contributed by atoms with E-state index in [9.17, 15) is 13.2 Å². The summed E-state index contributed by atoms with van der Waals surface area (Å²) in [5.41, 5.74) is 0.211. The number of sulfonamides is 1. The molecule has 0 aromatic carbocycles. The van der Waals surface area contributed by atoms with E-state index in [0.29, 0.717) is 18.2 Å². The van der Waals surface area contributed by atoms with Crippen molar-refractivity contribution in [2.75, 3.05) is 7.11 Å². The van der Waals surface area contributed by atoms with Crippen LogP contribution in [-0.2, 0) is 10.0 Å². The zero-order chi connectivity index (χ0) is 15.0. The quantitative estimate of drug-likeness (QED) is 0.907. The van der Waals surface area contributed by atoms with Crippen molar-refractivity contribution < 1.29 is 17.9 Å². The second-order valence-corrected chi connectivity index (χ2v) is 7.68. The number of hydrogen-bond acceptors (Lipinski definition) is 5. The number of rotatable bonds is 4. The number of methoxy groups -OCH3 is 1. The van der Waals surface area contributed by atoms with E-state index >= 15 is 0 Å². The Morgan fingerprint density at radius 1 is 1.33 bits per heavy atom. The lowest BCUT2D eigenvalue weighted by molar-refractivity contribution is 0.0980. The maximum absolute atomic E-state index is 12.4. The van der Waals surface area contributed by atoms with Crippen molar-refractivity contribution in [3.63, 3.8) is 0 Å². The highest BCUT2D eigenvalue weighted by molar-refractivity contribution is 7.90. The maximum Gasteiger partial charge on any atom is 0.266 e. The van der Waals surface area contributed by atoms with Crippen LogP contribution in [0.3, 0.4) is 0 Å². The fraction of sp³-hybridized carbons (Fsp3) is 0.571. The van der Waals surface area contributed by atoms with Crippen molar-refractivity contribution in [3.8, 4) is 5.88 Å². The normalized spacial score (nSPS) is 27.6. The molecule has 2 aliphatic carbocycles. The first kappa shape index (κ1) is 14.3. The van der Waals surface area contributed by atoms with Gasteiger partial charge in [0.1, 0.15) is 0 Å². The topological polar surface area (TPSA) is 85.4 Å². The van der Waals surface area contributed by atoms with Crippen LogP contribution >= 0.6 is 0 Å². The molecular formula is C14H18N2O4S. The molecule has 2 aliphatic rings. The lowest BCUT2D eigenvalue weighted by Crippen LogP contribution is -2.40. The second-order valence-electron chi connectivity index (χ2n) is 5.78. The smallest absolute Gasteiger partial charge is 0.266 e. The molecule has 0 aliphatic heterocycles. The van der Waals surface area contributed by atoms with E-state index in [4.69, 9.17) is 4.74 Å². The molecule has 1 aromatic heterocycles. The predicted octanol–water partition coefficient (Wildman–Crippen LogP) is 1.34. The summed E-state index contributed by atoms with van der Waals surface area (Å²) in [6, 6.07) is 3.02. The number of nitrogens with one attached hydrogen (secondary N) is 1. The van der Waals surface area contributed by atoms with E-state index in [1.165, 1.54) is 25.4 Å². The third kappa shape index (κ3) is 2.74. The number of pyridine rings is 1. The van der Waals surface area contributed by atoms with E-state index in [-0.39, 0.29) is 11.5 Å². The summed E-state index contributed by atoms with van der Waals surface area (Å²) in [6.07, 6.45) is 5.03. The average Bonchev–Trinajstić information content (AvgIpc) is 3.10. The van der Waals surface area contributed by atoms with E-state index in [2.05, 4.69) is 9.71 Å². The molecular weight excluding hydrogens is 292 g/mol. The van der Waals surface area contributed by atoms with Gasteiger partial charge in [-0.15, -0.1) is 0 Å². The number of ether oxygens (including phenoxy) is 1. The molecule has 3 rings (SSSR count). The Labute approximate surface area is 124 Å². The van der Waals surface area contributed by atoms with Gasteiger partial charge in [0.05, 0.1) is 17.9 Å². The van der Waals surface area contributed by atoms with Crippen molar-refractivity contribution in [1.29, 1.82) is 0 Å². The number of hydrogen-bond donors (Lipinski definition) is 1. The van der Waals surface area contributed by atoms with Crippen LogP contribution in [0, 0.1) is 11.8 Å². The molecule has 2 saturated carbocycles. The lowest BCUT2D eigenvalue weighted by Gasteiger charge is -2.21. The summed E-state index contributed by atoms with van der Waals surface area (Å²) in [5, 5.41) is -0.425. The first-order valence-electron chi connectivity index (χ1n) is 7.05. The van der Waals surface area contributed by atoms with Gasteiger partial charge in [-0.3, -0.25) is 4.79 Å². The van der Waals surface area contributed by atoms with Crippen molar-refractivity contribution in [1.82, 2.24) is 9.71 Å². The predicted molar refractivity (Wildman–Crippen MR) is 76.4 cm³/mol. The second kappa shape index (κ2) is 5.29. The Hall–Kier alpha value is -1.63. The van der Waals surface area contributed by atoms with Crippen LogP contribution in [0.25, 0.3) is 0 Å². The average molecular weight is 310 g/mol. The number of aromatic nitrogens is 1. The van der Waals surface area contributed by atoms with Crippen LogP contribution in [0.2, 0.25) is 0 Å². The molecule has 21 heavy (non-hydrogen) atoms. The highest BCUT2D eigenvalue weighted by atomic mass is 32.2. The van der Waals surface area contributed by atoms with Gasteiger partial charge in [-0.2, -0.15) is 0 Å². The minimum Gasteiger partial charge on any atom is -0.481 e. The Morgan fingerprint density at radius 3 is 2.67 bits per heavy atom. The van der Waals surface area contributed by atoms with Crippen molar-refractivity contribution >= 4 is 15.9 Å². The Kier molecular flexibility index (Phi) is 3.61. The summed E-state index contributed by atoms with van der Waals surface area (Å²) < 4.78 is 31.8. The molecule has 3 atom stereocenters. The first-order valence-corrected chi connectivity index (χ1v) is 8.60. The number of amides is 1. The Morgan fingerprint density at radius 2 is 2.14 bits per heavy atom. The maximum atomic E-state index is 12.4. The molecule has 1 amide bonds. The van der Waals surface area contributed by atoms with E-state index in [0.717, 1.165) is 19.3 Å². The largest absolute Gasteiger partial charge is 0.481 e. The molecule has 6 nitrogen and oxygen atoms in total. The van der Waals surface area contributed by atoms with Crippen molar-refractivity contribution in [2.24, 2.45) is 11.8 Å². The van der Waals surface area contributed by atoms with E-state index in [1.807, 2.05) is 0 Å². The molecule has 1 N–H and O–H groups in total. The van der Waals surface area contributed by atoms with Crippen molar-refractivity contribution in [2.45, 2.75) is 30.9 Å². The highest BCUT2D eigenvalue weighted by Gasteiger charge is 2.46. The van der Waals surface area contributed by atoms with Crippen molar-refractivity contribution in [3.05, 3.63) is 23.9 Å². The molecule has 2 bridgehead atoms. The molecule has 114 valence electrons. The van der Waals surface area contributed by atoms with Gasteiger partial charge in [0.2, 0.25) is 15.9 Å². The summed E-state index contributed by atoms with van der Waals surface area (Å²) in [6.45, 7) is 0. The van der Waals surface area contributed by atoms with Crippen LogP contribution in [0.5, 0.6) is 5.88 Å². The third-order valence-corrected chi connectivity index (χ3v) is 6.36. The van der Waals surface area contributed by atoms with Gasteiger partial charge in [0.15, 0.2) is 0 Å². The van der Waals surface area contributed by atoms with Crippen LogP contribution in [0.15, 0.2) is 18.3 Å². The molecule has 0 saturated heterocycles.